The molecule has 3 heteroatoms. The minimum atomic E-state index is -1.23. The van der Waals surface area contributed by atoms with Gasteiger partial charge in [-0.25, -0.2) is 4.79 Å². The van der Waals surface area contributed by atoms with Crippen LogP contribution < -0.4 is 4.74 Å². The quantitative estimate of drug-likeness (QED) is 0.892. The van der Waals surface area contributed by atoms with Gasteiger partial charge in [0.25, 0.3) is 0 Å². The number of para-hydroxylation sites is 1. The van der Waals surface area contributed by atoms with Gasteiger partial charge >= 0.3 is 5.97 Å². The minimum Gasteiger partial charge on any atom is -0.478 e. The molecule has 0 unspecified atom stereocenters. The Balaban J connectivity index is 3.28. The van der Waals surface area contributed by atoms with E-state index in [1.807, 2.05) is 25.1 Å². The summed E-state index contributed by atoms with van der Waals surface area (Å²) in [7, 11) is 0. The molecule has 0 aliphatic carbocycles. The van der Waals surface area contributed by atoms with E-state index in [0.29, 0.717) is 5.75 Å². The lowest BCUT2D eigenvalue weighted by molar-refractivity contribution is -0.152. The molecule has 1 N–H and O–H groups in total. The summed E-state index contributed by atoms with van der Waals surface area (Å²) < 4.78 is 5.75. The summed E-state index contributed by atoms with van der Waals surface area (Å²) in [5, 5.41) is 9.16. The standard InChI is InChI=1S/C15H22O3/c1-10-8-7-9-11(14(2,3)4)12(10)18-15(5,6)13(16)17/h7-9H,1-6H3,(H,16,17). The van der Waals surface area contributed by atoms with Crippen molar-refractivity contribution < 1.29 is 14.6 Å². The molecular weight excluding hydrogens is 228 g/mol. The van der Waals surface area contributed by atoms with Crippen LogP contribution in [0.15, 0.2) is 18.2 Å². The predicted octanol–water partition coefficient (Wildman–Crippen LogP) is 3.53. The molecule has 0 atom stereocenters. The topological polar surface area (TPSA) is 46.5 Å². The second-order valence-corrected chi connectivity index (χ2v) is 6.12. The lowest BCUT2D eigenvalue weighted by Crippen LogP contribution is -2.38. The van der Waals surface area contributed by atoms with E-state index in [1.165, 1.54) is 0 Å². The molecular formula is C15H22O3. The molecule has 0 aliphatic rings. The number of ether oxygens (including phenoxy) is 1. The molecule has 18 heavy (non-hydrogen) atoms. The number of aliphatic carboxylic acids is 1. The van der Waals surface area contributed by atoms with Gasteiger partial charge < -0.3 is 9.84 Å². The summed E-state index contributed by atoms with van der Waals surface area (Å²) in [5.74, 6) is -0.289. The van der Waals surface area contributed by atoms with Crippen molar-refractivity contribution in [3.05, 3.63) is 29.3 Å². The van der Waals surface area contributed by atoms with E-state index in [0.717, 1.165) is 11.1 Å². The molecule has 0 amide bonds. The average Bonchev–Trinajstić information content (AvgIpc) is 2.18. The maximum Gasteiger partial charge on any atom is 0.347 e. The number of aryl methyl sites for hydroxylation is 1. The largest absolute Gasteiger partial charge is 0.478 e. The average molecular weight is 250 g/mol. The number of carbonyl (C=O) groups is 1. The zero-order valence-electron chi connectivity index (χ0n) is 12.0. The number of benzene rings is 1. The van der Waals surface area contributed by atoms with E-state index in [-0.39, 0.29) is 5.41 Å². The first-order valence-corrected chi connectivity index (χ1v) is 6.08. The molecule has 0 bridgehead atoms. The summed E-state index contributed by atoms with van der Waals surface area (Å²) in [6.45, 7) is 11.3. The number of carboxylic acids is 1. The third-order valence-corrected chi connectivity index (χ3v) is 2.89. The van der Waals surface area contributed by atoms with Crippen LogP contribution in [0.25, 0.3) is 0 Å². The third-order valence-electron chi connectivity index (χ3n) is 2.89. The normalized spacial score (nSPS) is 12.3. The van der Waals surface area contributed by atoms with Crippen LogP contribution in [-0.2, 0) is 10.2 Å². The van der Waals surface area contributed by atoms with E-state index < -0.39 is 11.6 Å². The van der Waals surface area contributed by atoms with Crippen LogP contribution in [0.4, 0.5) is 0 Å². The molecule has 1 aromatic rings. The van der Waals surface area contributed by atoms with Crippen LogP contribution in [0.1, 0.15) is 45.7 Å². The van der Waals surface area contributed by atoms with Crippen LogP contribution in [0.2, 0.25) is 0 Å². The van der Waals surface area contributed by atoms with Gasteiger partial charge in [-0.3, -0.25) is 0 Å². The van der Waals surface area contributed by atoms with Crippen molar-refractivity contribution in [2.45, 2.75) is 52.6 Å². The summed E-state index contributed by atoms with van der Waals surface area (Å²) >= 11 is 0. The summed E-state index contributed by atoms with van der Waals surface area (Å²) in [4.78, 5) is 11.2. The highest BCUT2D eigenvalue weighted by Gasteiger charge is 2.32. The van der Waals surface area contributed by atoms with Gasteiger partial charge in [0.1, 0.15) is 5.75 Å². The molecule has 100 valence electrons. The summed E-state index contributed by atoms with van der Waals surface area (Å²) in [6, 6.07) is 5.89. The van der Waals surface area contributed by atoms with Gasteiger partial charge in [0.2, 0.25) is 0 Å². The first-order valence-electron chi connectivity index (χ1n) is 6.08. The highest BCUT2D eigenvalue weighted by molar-refractivity contribution is 5.77. The Kier molecular flexibility index (Phi) is 3.75. The van der Waals surface area contributed by atoms with Gasteiger partial charge in [-0.15, -0.1) is 0 Å². The van der Waals surface area contributed by atoms with E-state index >= 15 is 0 Å². The van der Waals surface area contributed by atoms with E-state index in [1.54, 1.807) is 13.8 Å². The maximum absolute atomic E-state index is 11.2. The van der Waals surface area contributed by atoms with Gasteiger partial charge in [0, 0.05) is 0 Å². The van der Waals surface area contributed by atoms with Crippen LogP contribution >= 0.6 is 0 Å². The van der Waals surface area contributed by atoms with Gasteiger partial charge in [0.05, 0.1) is 0 Å². The molecule has 0 spiro atoms. The first-order chi connectivity index (χ1) is 8.05. The van der Waals surface area contributed by atoms with E-state index in [2.05, 4.69) is 20.8 Å². The highest BCUT2D eigenvalue weighted by atomic mass is 16.5. The van der Waals surface area contributed by atoms with Crippen molar-refractivity contribution >= 4 is 5.97 Å². The van der Waals surface area contributed by atoms with Crippen LogP contribution in [-0.4, -0.2) is 16.7 Å². The van der Waals surface area contributed by atoms with Crippen molar-refractivity contribution in [2.75, 3.05) is 0 Å². The number of hydrogen-bond acceptors (Lipinski definition) is 2. The smallest absolute Gasteiger partial charge is 0.347 e. The molecule has 3 nitrogen and oxygen atoms in total. The SMILES string of the molecule is Cc1cccc(C(C)(C)C)c1OC(C)(C)C(=O)O. The maximum atomic E-state index is 11.2. The van der Waals surface area contributed by atoms with Crippen LogP contribution in [0.3, 0.4) is 0 Å². The fourth-order valence-corrected chi connectivity index (χ4v) is 1.68. The van der Waals surface area contributed by atoms with Crippen molar-refractivity contribution in [3.8, 4) is 5.75 Å². The van der Waals surface area contributed by atoms with Gasteiger partial charge in [0.15, 0.2) is 5.60 Å². The molecule has 0 aromatic heterocycles. The first kappa shape index (κ1) is 14.6. The van der Waals surface area contributed by atoms with Crippen molar-refractivity contribution in [1.82, 2.24) is 0 Å². The Hall–Kier alpha value is -1.51. The minimum absolute atomic E-state index is 0.0874. The molecule has 0 aliphatic heterocycles. The predicted molar refractivity (Wildman–Crippen MR) is 72.2 cm³/mol. The van der Waals surface area contributed by atoms with Gasteiger partial charge in [-0.05, 0) is 37.3 Å². The monoisotopic (exact) mass is 250 g/mol. The van der Waals surface area contributed by atoms with Crippen molar-refractivity contribution in [2.24, 2.45) is 0 Å². The van der Waals surface area contributed by atoms with E-state index in [4.69, 9.17) is 9.84 Å². The van der Waals surface area contributed by atoms with Crippen molar-refractivity contribution in [3.63, 3.8) is 0 Å². The molecule has 1 rings (SSSR count). The Morgan fingerprint density at radius 2 is 1.72 bits per heavy atom. The second-order valence-electron chi connectivity index (χ2n) is 6.12. The molecule has 0 radical (unpaired) electrons. The molecule has 0 fully saturated rings. The second kappa shape index (κ2) is 4.63. The Bertz CT molecular complexity index is 453. The molecule has 1 aromatic carbocycles. The highest BCUT2D eigenvalue weighted by Crippen LogP contribution is 2.35. The Morgan fingerprint density at radius 3 is 2.17 bits per heavy atom. The number of rotatable bonds is 3. The Labute approximate surface area is 109 Å². The number of carboxylic acid groups (broad SMARTS) is 1. The van der Waals surface area contributed by atoms with Crippen LogP contribution in [0, 0.1) is 6.92 Å². The molecule has 0 saturated heterocycles. The van der Waals surface area contributed by atoms with Crippen molar-refractivity contribution in [1.29, 1.82) is 0 Å². The fourth-order valence-electron chi connectivity index (χ4n) is 1.68. The number of hydrogen-bond donors (Lipinski definition) is 1. The van der Waals surface area contributed by atoms with E-state index in [9.17, 15) is 4.79 Å². The van der Waals surface area contributed by atoms with Gasteiger partial charge in [-0.2, -0.15) is 0 Å². The lowest BCUT2D eigenvalue weighted by atomic mass is 9.85. The lowest BCUT2D eigenvalue weighted by Gasteiger charge is -2.29. The summed E-state index contributed by atoms with van der Waals surface area (Å²) in [6.07, 6.45) is 0. The third kappa shape index (κ3) is 3.03. The zero-order chi connectivity index (χ0) is 14.1. The molecule has 0 saturated carbocycles. The molecule has 0 heterocycles. The zero-order valence-corrected chi connectivity index (χ0v) is 12.0. The van der Waals surface area contributed by atoms with Gasteiger partial charge in [-0.1, -0.05) is 39.0 Å². The summed E-state index contributed by atoms with van der Waals surface area (Å²) in [5.41, 5.74) is 0.663. The Morgan fingerprint density at radius 1 is 1.17 bits per heavy atom. The van der Waals surface area contributed by atoms with Crippen LogP contribution in [0.5, 0.6) is 5.75 Å². The fraction of sp³-hybridized carbons (Fsp3) is 0.533.